The van der Waals surface area contributed by atoms with Gasteiger partial charge in [0.1, 0.15) is 10.8 Å². The molecule has 4 nitrogen and oxygen atoms in total. The maximum Gasteiger partial charge on any atom is 0.161 e. The number of anilines is 1. The smallest absolute Gasteiger partial charge is 0.161 e. The molecule has 1 aromatic heterocycles. The van der Waals surface area contributed by atoms with Gasteiger partial charge in [0.25, 0.3) is 0 Å². The van der Waals surface area contributed by atoms with E-state index in [0.717, 1.165) is 0 Å². The third-order valence-corrected chi connectivity index (χ3v) is 3.46. The van der Waals surface area contributed by atoms with Crippen LogP contribution in [0.5, 0.6) is 0 Å². The van der Waals surface area contributed by atoms with Gasteiger partial charge in [0.15, 0.2) is 5.82 Å². The van der Waals surface area contributed by atoms with Gasteiger partial charge in [0.05, 0.1) is 17.8 Å². The van der Waals surface area contributed by atoms with Crippen molar-refractivity contribution >= 4 is 23.0 Å². The van der Waals surface area contributed by atoms with E-state index in [0.29, 0.717) is 16.9 Å². The number of hydrogen-bond acceptors (Lipinski definition) is 4. The minimum absolute atomic E-state index is 0.221. The second kappa shape index (κ2) is 5.92. The number of rotatable bonds is 4. The van der Waals surface area contributed by atoms with Crippen molar-refractivity contribution in [1.82, 2.24) is 10.2 Å². The van der Waals surface area contributed by atoms with Crippen LogP contribution in [0.2, 0.25) is 0 Å². The molecule has 0 saturated carbocycles. The molecule has 0 amide bonds. The Bertz CT molecular complexity index is 632. The van der Waals surface area contributed by atoms with Crippen LogP contribution in [0.1, 0.15) is 24.1 Å². The van der Waals surface area contributed by atoms with Crippen LogP contribution in [-0.4, -0.2) is 22.2 Å². The summed E-state index contributed by atoms with van der Waals surface area (Å²) in [5, 5.41) is 7.91. The Morgan fingerprint density at radius 1 is 1.35 bits per heavy atom. The van der Waals surface area contributed by atoms with E-state index in [4.69, 9.17) is 18.0 Å². The molecule has 0 radical (unpaired) electrons. The molecule has 0 fully saturated rings. The third-order valence-electron chi connectivity index (χ3n) is 3.24. The molecule has 0 aliphatic heterocycles. The topological polar surface area (TPSA) is 55.0 Å². The maximum atomic E-state index is 13.9. The van der Waals surface area contributed by atoms with Crippen molar-refractivity contribution in [3.8, 4) is 0 Å². The number of halogens is 1. The van der Waals surface area contributed by atoms with Crippen molar-refractivity contribution < 1.29 is 4.39 Å². The summed E-state index contributed by atoms with van der Waals surface area (Å²) in [6.07, 6.45) is 1.53. The molecule has 2 N–H and O–H groups in total. The van der Waals surface area contributed by atoms with Crippen molar-refractivity contribution in [1.29, 1.82) is 0 Å². The van der Waals surface area contributed by atoms with Crippen LogP contribution < -0.4 is 10.6 Å². The monoisotopic (exact) mass is 290 g/mol. The van der Waals surface area contributed by atoms with Crippen molar-refractivity contribution in [2.24, 2.45) is 5.73 Å². The van der Waals surface area contributed by atoms with E-state index in [1.807, 2.05) is 14.0 Å². The highest BCUT2D eigenvalue weighted by Gasteiger charge is 2.20. The molecule has 2 aromatic rings. The summed E-state index contributed by atoms with van der Waals surface area (Å²) in [5.41, 5.74) is 6.89. The van der Waals surface area contributed by atoms with Crippen LogP contribution in [-0.2, 0) is 0 Å². The zero-order valence-electron chi connectivity index (χ0n) is 11.2. The number of benzene rings is 1. The molecule has 0 bridgehead atoms. The van der Waals surface area contributed by atoms with E-state index >= 15 is 0 Å². The quantitative estimate of drug-likeness (QED) is 0.877. The zero-order valence-corrected chi connectivity index (χ0v) is 12.1. The summed E-state index contributed by atoms with van der Waals surface area (Å²) in [6, 6.07) is 8.12. The molecule has 1 atom stereocenters. The van der Waals surface area contributed by atoms with Crippen molar-refractivity contribution in [2.45, 2.75) is 13.0 Å². The van der Waals surface area contributed by atoms with Gasteiger partial charge in [0, 0.05) is 12.6 Å². The van der Waals surface area contributed by atoms with Crippen LogP contribution >= 0.6 is 12.2 Å². The van der Waals surface area contributed by atoms with E-state index in [2.05, 4.69) is 10.2 Å². The highest BCUT2D eigenvalue weighted by molar-refractivity contribution is 7.80. The average molecular weight is 290 g/mol. The first-order valence-electron chi connectivity index (χ1n) is 6.11. The molecule has 1 heterocycles. The summed E-state index contributed by atoms with van der Waals surface area (Å²) in [7, 11) is 1.81. The van der Waals surface area contributed by atoms with Gasteiger partial charge < -0.3 is 10.6 Å². The Labute approximate surface area is 122 Å². The maximum absolute atomic E-state index is 13.9. The highest BCUT2D eigenvalue weighted by atomic mass is 32.1. The van der Waals surface area contributed by atoms with Crippen LogP contribution in [0.25, 0.3) is 0 Å². The number of hydrogen-bond donors (Lipinski definition) is 1. The number of aromatic nitrogens is 2. The standard InChI is InChI=1S/C14H15FN4S/c1-9(10-5-3-4-6-12(10)15)19(2)14-11(13(16)20)7-8-17-18-14/h3-9H,1-2H3,(H2,16,20). The molecule has 0 spiro atoms. The summed E-state index contributed by atoms with van der Waals surface area (Å²) in [6.45, 7) is 1.89. The Morgan fingerprint density at radius 2 is 2.05 bits per heavy atom. The second-order valence-corrected chi connectivity index (χ2v) is 4.88. The SMILES string of the molecule is CC(c1ccccc1F)N(C)c1nnccc1C(N)=S. The first-order valence-corrected chi connectivity index (χ1v) is 6.52. The Kier molecular flexibility index (Phi) is 4.24. The zero-order chi connectivity index (χ0) is 14.7. The second-order valence-electron chi connectivity index (χ2n) is 4.44. The van der Waals surface area contributed by atoms with Gasteiger partial charge in [-0.3, -0.25) is 0 Å². The molecule has 0 aliphatic rings. The van der Waals surface area contributed by atoms with E-state index in [1.54, 1.807) is 29.2 Å². The average Bonchev–Trinajstić information content (AvgIpc) is 2.46. The van der Waals surface area contributed by atoms with Crippen LogP contribution in [0.4, 0.5) is 10.2 Å². The fraction of sp³-hybridized carbons (Fsp3) is 0.214. The fourth-order valence-electron chi connectivity index (χ4n) is 1.98. The molecule has 6 heteroatoms. The predicted molar refractivity (Wildman–Crippen MR) is 81.1 cm³/mol. The van der Waals surface area contributed by atoms with Crippen LogP contribution in [0.3, 0.4) is 0 Å². The molecule has 0 saturated heterocycles. The highest BCUT2D eigenvalue weighted by Crippen LogP contribution is 2.27. The van der Waals surface area contributed by atoms with E-state index < -0.39 is 0 Å². The summed E-state index contributed by atoms with van der Waals surface area (Å²) < 4.78 is 13.9. The Hall–Kier alpha value is -2.08. The van der Waals surface area contributed by atoms with E-state index in [-0.39, 0.29) is 16.8 Å². The minimum Gasteiger partial charge on any atom is -0.389 e. The van der Waals surface area contributed by atoms with Gasteiger partial charge in [-0.2, -0.15) is 5.10 Å². The Morgan fingerprint density at radius 3 is 2.70 bits per heavy atom. The summed E-state index contributed by atoms with van der Waals surface area (Å²) in [5.74, 6) is 0.281. The van der Waals surface area contributed by atoms with Gasteiger partial charge in [-0.05, 0) is 19.1 Å². The van der Waals surface area contributed by atoms with Crippen molar-refractivity contribution in [3.05, 3.63) is 53.5 Å². The van der Waals surface area contributed by atoms with Gasteiger partial charge >= 0.3 is 0 Å². The number of nitrogens with two attached hydrogens (primary N) is 1. The van der Waals surface area contributed by atoms with Crippen LogP contribution in [0.15, 0.2) is 36.5 Å². The molecule has 2 rings (SSSR count). The van der Waals surface area contributed by atoms with Gasteiger partial charge in [0.2, 0.25) is 0 Å². The van der Waals surface area contributed by atoms with Crippen molar-refractivity contribution in [3.63, 3.8) is 0 Å². The molecule has 1 aromatic carbocycles. The van der Waals surface area contributed by atoms with Gasteiger partial charge in [-0.25, -0.2) is 4.39 Å². The number of thiocarbonyl (C=S) groups is 1. The largest absolute Gasteiger partial charge is 0.389 e. The minimum atomic E-state index is -0.257. The van der Waals surface area contributed by atoms with Gasteiger partial charge in [-0.1, -0.05) is 30.4 Å². The van der Waals surface area contributed by atoms with Gasteiger partial charge in [-0.15, -0.1) is 5.10 Å². The number of nitrogens with zero attached hydrogens (tertiary/aromatic N) is 3. The summed E-state index contributed by atoms with van der Waals surface area (Å²) in [4.78, 5) is 2.04. The third kappa shape index (κ3) is 2.75. The molecule has 1 unspecified atom stereocenters. The molecular weight excluding hydrogens is 275 g/mol. The molecule has 0 aliphatic carbocycles. The Balaban J connectivity index is 2.39. The lowest BCUT2D eigenvalue weighted by molar-refractivity contribution is 0.583. The lowest BCUT2D eigenvalue weighted by Gasteiger charge is -2.27. The summed E-state index contributed by atoms with van der Waals surface area (Å²) >= 11 is 5.01. The van der Waals surface area contributed by atoms with E-state index in [9.17, 15) is 4.39 Å². The van der Waals surface area contributed by atoms with E-state index in [1.165, 1.54) is 12.3 Å². The van der Waals surface area contributed by atoms with Crippen molar-refractivity contribution in [2.75, 3.05) is 11.9 Å². The van der Waals surface area contributed by atoms with Crippen LogP contribution in [0, 0.1) is 5.82 Å². The fourth-order valence-corrected chi connectivity index (χ4v) is 2.14. The first kappa shape index (κ1) is 14.3. The lowest BCUT2D eigenvalue weighted by atomic mass is 10.1. The predicted octanol–water partition coefficient (Wildman–Crippen LogP) is 2.45. The lowest BCUT2D eigenvalue weighted by Crippen LogP contribution is -2.27. The molecule has 20 heavy (non-hydrogen) atoms. The molecule has 104 valence electrons. The normalized spacial score (nSPS) is 11.9. The molecular formula is C14H15FN4S. The first-order chi connectivity index (χ1) is 9.52.